The van der Waals surface area contributed by atoms with Gasteiger partial charge in [0.05, 0.1) is 12.7 Å². The standard InChI is InChI=1S/C17H15FO6/c1-9-6-15(20)24-10(2)16(9)17(21)23-8-13(19)12-7-11(18)4-5-14(12)22-3/h4-7H,8H2,1-3H3. The Kier molecular flexibility index (Phi) is 5.13. The number of benzene rings is 1. The number of Topliss-reactive ketones (excluding diaryl/α,β-unsaturated/α-hetero) is 1. The first-order chi connectivity index (χ1) is 11.3. The smallest absolute Gasteiger partial charge is 0.342 e. The van der Waals surface area contributed by atoms with E-state index in [4.69, 9.17) is 13.9 Å². The molecule has 0 unspecified atom stereocenters. The first kappa shape index (κ1) is 17.4. The number of aryl methyl sites for hydroxylation is 2. The van der Waals surface area contributed by atoms with Crippen molar-refractivity contribution in [1.29, 1.82) is 0 Å². The van der Waals surface area contributed by atoms with Crippen molar-refractivity contribution in [3.8, 4) is 5.75 Å². The number of methoxy groups -OCH3 is 1. The van der Waals surface area contributed by atoms with Gasteiger partial charge in [0.25, 0.3) is 0 Å². The number of carbonyl (C=O) groups is 2. The van der Waals surface area contributed by atoms with E-state index in [9.17, 15) is 18.8 Å². The van der Waals surface area contributed by atoms with Crippen molar-refractivity contribution in [3.63, 3.8) is 0 Å². The maximum atomic E-state index is 13.3. The molecule has 0 saturated carbocycles. The lowest BCUT2D eigenvalue weighted by Gasteiger charge is -2.10. The summed E-state index contributed by atoms with van der Waals surface area (Å²) in [5.74, 6) is -1.76. The molecule has 6 nitrogen and oxygen atoms in total. The molecule has 0 aliphatic heterocycles. The number of hydrogen-bond acceptors (Lipinski definition) is 6. The zero-order valence-corrected chi connectivity index (χ0v) is 13.3. The predicted molar refractivity (Wildman–Crippen MR) is 82.0 cm³/mol. The lowest BCUT2D eigenvalue weighted by molar-refractivity contribution is 0.0469. The van der Waals surface area contributed by atoms with Crippen molar-refractivity contribution in [2.45, 2.75) is 13.8 Å². The van der Waals surface area contributed by atoms with Crippen molar-refractivity contribution in [1.82, 2.24) is 0 Å². The molecule has 0 aliphatic rings. The summed E-state index contributed by atoms with van der Waals surface area (Å²) in [6.45, 7) is 2.40. The van der Waals surface area contributed by atoms with Gasteiger partial charge >= 0.3 is 11.6 Å². The fourth-order valence-electron chi connectivity index (χ4n) is 2.24. The lowest BCUT2D eigenvalue weighted by Crippen LogP contribution is -2.18. The summed E-state index contributed by atoms with van der Waals surface area (Å²) in [6.07, 6.45) is 0. The van der Waals surface area contributed by atoms with E-state index in [1.54, 1.807) is 6.92 Å². The zero-order valence-electron chi connectivity index (χ0n) is 13.3. The van der Waals surface area contributed by atoms with E-state index in [2.05, 4.69) is 0 Å². The van der Waals surface area contributed by atoms with Crippen LogP contribution in [0.3, 0.4) is 0 Å². The molecule has 0 N–H and O–H groups in total. The minimum Gasteiger partial charge on any atom is -0.496 e. The highest BCUT2D eigenvalue weighted by atomic mass is 19.1. The van der Waals surface area contributed by atoms with Crippen LogP contribution >= 0.6 is 0 Å². The fraction of sp³-hybridized carbons (Fsp3) is 0.235. The van der Waals surface area contributed by atoms with Crippen LogP contribution in [0.25, 0.3) is 0 Å². The third kappa shape index (κ3) is 3.68. The summed E-state index contributed by atoms with van der Waals surface area (Å²) in [5, 5.41) is 0. The van der Waals surface area contributed by atoms with Gasteiger partial charge in [0.2, 0.25) is 5.78 Å². The third-order valence-electron chi connectivity index (χ3n) is 3.33. The third-order valence-corrected chi connectivity index (χ3v) is 3.33. The Labute approximate surface area is 136 Å². The maximum absolute atomic E-state index is 13.3. The molecule has 1 aromatic heterocycles. The second-order valence-electron chi connectivity index (χ2n) is 5.02. The molecule has 7 heteroatoms. The molecule has 0 bridgehead atoms. The first-order valence-electron chi connectivity index (χ1n) is 6.98. The van der Waals surface area contributed by atoms with Gasteiger partial charge in [-0.1, -0.05) is 0 Å². The Balaban J connectivity index is 2.17. The van der Waals surface area contributed by atoms with Crippen LogP contribution in [0.4, 0.5) is 4.39 Å². The fourth-order valence-corrected chi connectivity index (χ4v) is 2.24. The topological polar surface area (TPSA) is 82.8 Å². The van der Waals surface area contributed by atoms with Crippen molar-refractivity contribution in [2.24, 2.45) is 0 Å². The van der Waals surface area contributed by atoms with E-state index < -0.39 is 29.8 Å². The van der Waals surface area contributed by atoms with Crippen molar-refractivity contribution >= 4 is 11.8 Å². The van der Waals surface area contributed by atoms with Crippen molar-refractivity contribution in [2.75, 3.05) is 13.7 Å². The van der Waals surface area contributed by atoms with E-state index in [1.165, 1.54) is 20.1 Å². The number of esters is 1. The summed E-state index contributed by atoms with van der Waals surface area (Å²) >= 11 is 0. The number of carbonyl (C=O) groups excluding carboxylic acids is 2. The minimum atomic E-state index is -0.808. The van der Waals surface area contributed by atoms with Gasteiger partial charge in [0.15, 0.2) is 6.61 Å². The van der Waals surface area contributed by atoms with E-state index >= 15 is 0 Å². The quantitative estimate of drug-likeness (QED) is 0.617. The Bertz CT molecular complexity index is 826. The summed E-state index contributed by atoms with van der Waals surface area (Å²) < 4.78 is 28.1. The summed E-state index contributed by atoms with van der Waals surface area (Å²) in [6, 6.07) is 4.62. The Morgan fingerprint density at radius 3 is 2.54 bits per heavy atom. The second-order valence-corrected chi connectivity index (χ2v) is 5.02. The largest absolute Gasteiger partial charge is 0.496 e. The van der Waals surface area contributed by atoms with Crippen LogP contribution < -0.4 is 10.4 Å². The number of ether oxygens (including phenoxy) is 2. The average molecular weight is 334 g/mol. The van der Waals surface area contributed by atoms with Gasteiger partial charge in [-0.05, 0) is 37.6 Å². The van der Waals surface area contributed by atoms with Crippen LogP contribution in [0.5, 0.6) is 5.75 Å². The van der Waals surface area contributed by atoms with Crippen molar-refractivity contribution < 1.29 is 27.9 Å². The molecule has 0 radical (unpaired) electrons. The van der Waals surface area contributed by atoms with Crippen LogP contribution in [0, 0.1) is 19.7 Å². The van der Waals surface area contributed by atoms with Crippen LogP contribution in [-0.4, -0.2) is 25.5 Å². The van der Waals surface area contributed by atoms with Crippen LogP contribution in [-0.2, 0) is 4.74 Å². The molecule has 0 amide bonds. The van der Waals surface area contributed by atoms with E-state index in [0.29, 0.717) is 5.56 Å². The number of ketones is 1. The first-order valence-corrected chi connectivity index (χ1v) is 6.98. The van der Waals surface area contributed by atoms with Gasteiger partial charge in [-0.2, -0.15) is 0 Å². The summed E-state index contributed by atoms with van der Waals surface area (Å²) in [5.41, 5.74) is -0.154. The molecule has 0 spiro atoms. The maximum Gasteiger partial charge on any atom is 0.342 e. The predicted octanol–water partition coefficient (Wildman–Crippen LogP) is 2.44. The van der Waals surface area contributed by atoms with Gasteiger partial charge in [-0.15, -0.1) is 0 Å². The Morgan fingerprint density at radius 2 is 1.92 bits per heavy atom. The number of rotatable bonds is 5. The number of hydrogen-bond donors (Lipinski definition) is 0. The molecule has 0 fully saturated rings. The molecule has 126 valence electrons. The van der Waals surface area contributed by atoms with Crippen LogP contribution in [0.2, 0.25) is 0 Å². The molecule has 1 heterocycles. The van der Waals surface area contributed by atoms with Gasteiger partial charge in [-0.25, -0.2) is 14.0 Å². The van der Waals surface area contributed by atoms with Crippen LogP contribution in [0.15, 0.2) is 33.5 Å². The second kappa shape index (κ2) is 7.08. The zero-order chi connectivity index (χ0) is 17.9. The molecule has 2 aromatic rings. The lowest BCUT2D eigenvalue weighted by atomic mass is 10.1. The molecule has 1 aromatic carbocycles. The van der Waals surface area contributed by atoms with E-state index in [1.807, 2.05) is 0 Å². The van der Waals surface area contributed by atoms with Gasteiger partial charge in [0, 0.05) is 6.07 Å². The van der Waals surface area contributed by atoms with Gasteiger partial charge in [0.1, 0.15) is 22.9 Å². The molecule has 0 saturated heterocycles. The normalized spacial score (nSPS) is 10.3. The molecular weight excluding hydrogens is 319 g/mol. The van der Waals surface area contributed by atoms with E-state index in [0.717, 1.165) is 18.2 Å². The van der Waals surface area contributed by atoms with E-state index in [-0.39, 0.29) is 22.6 Å². The highest BCUT2D eigenvalue weighted by Gasteiger charge is 2.20. The summed E-state index contributed by atoms with van der Waals surface area (Å²) in [7, 11) is 1.34. The van der Waals surface area contributed by atoms with Gasteiger partial charge in [-0.3, -0.25) is 4.79 Å². The molecular formula is C17H15FO6. The van der Waals surface area contributed by atoms with Gasteiger partial charge < -0.3 is 13.9 Å². The average Bonchev–Trinajstić information content (AvgIpc) is 2.51. The highest BCUT2D eigenvalue weighted by molar-refractivity contribution is 6.01. The monoisotopic (exact) mass is 334 g/mol. The number of halogens is 1. The summed E-state index contributed by atoms with van der Waals surface area (Å²) in [4.78, 5) is 35.5. The van der Waals surface area contributed by atoms with Crippen molar-refractivity contribution in [3.05, 3.63) is 63.0 Å². The molecule has 2 rings (SSSR count). The minimum absolute atomic E-state index is 0.0293. The molecule has 0 atom stereocenters. The Morgan fingerprint density at radius 1 is 1.21 bits per heavy atom. The molecule has 24 heavy (non-hydrogen) atoms. The Hall–Kier alpha value is -2.96. The highest BCUT2D eigenvalue weighted by Crippen LogP contribution is 2.20. The van der Waals surface area contributed by atoms with Crippen LogP contribution in [0.1, 0.15) is 32.0 Å². The molecule has 0 aliphatic carbocycles. The SMILES string of the molecule is COc1ccc(F)cc1C(=O)COC(=O)c1c(C)cc(=O)oc1C.